The molecule has 2 aromatic rings. The molecule has 0 bridgehead atoms. The van der Waals surface area contributed by atoms with Gasteiger partial charge in [0, 0.05) is 11.5 Å². The fourth-order valence-electron chi connectivity index (χ4n) is 1.47. The predicted molar refractivity (Wildman–Crippen MR) is 66.5 cm³/mol. The van der Waals surface area contributed by atoms with Gasteiger partial charge in [-0.15, -0.1) is 12.4 Å². The summed E-state index contributed by atoms with van der Waals surface area (Å²) in [6.45, 7) is 0. The number of nitrogens with two attached hydrogens (primary N) is 1. The van der Waals surface area contributed by atoms with Crippen LogP contribution in [0.2, 0.25) is 0 Å². The van der Waals surface area contributed by atoms with Gasteiger partial charge in [-0.2, -0.15) is 0 Å². The molecule has 0 amide bonds. The van der Waals surface area contributed by atoms with Crippen LogP contribution < -0.4 is 15.2 Å². The molecule has 0 fully saturated rings. The number of nitrogen functional groups attached to an aromatic ring is 1. The van der Waals surface area contributed by atoms with Crippen molar-refractivity contribution in [2.75, 3.05) is 20.0 Å². The van der Waals surface area contributed by atoms with Crippen LogP contribution in [0.1, 0.15) is 0 Å². The van der Waals surface area contributed by atoms with Gasteiger partial charge in [0.1, 0.15) is 0 Å². The average molecular weight is 241 g/mol. The summed E-state index contributed by atoms with van der Waals surface area (Å²) in [5.74, 6) is 1.35. The first-order chi connectivity index (χ1) is 7.24. The first-order valence-electron chi connectivity index (χ1n) is 4.52. The number of rotatable bonds is 2. The summed E-state index contributed by atoms with van der Waals surface area (Å²) in [4.78, 5) is 4.20. The van der Waals surface area contributed by atoms with Crippen LogP contribution in [0.4, 0.5) is 5.69 Å². The van der Waals surface area contributed by atoms with Gasteiger partial charge in [0.2, 0.25) is 0 Å². The summed E-state index contributed by atoms with van der Waals surface area (Å²) >= 11 is 0. The molecule has 0 aliphatic heterocycles. The zero-order chi connectivity index (χ0) is 10.8. The Bertz CT molecular complexity index is 503. The predicted octanol–water partition coefficient (Wildman–Crippen LogP) is 2.26. The minimum absolute atomic E-state index is 0. The minimum Gasteiger partial charge on any atom is -0.493 e. The number of hydrogen-bond donors (Lipinski definition) is 1. The first-order valence-corrected chi connectivity index (χ1v) is 4.52. The Morgan fingerprint density at radius 2 is 1.69 bits per heavy atom. The van der Waals surface area contributed by atoms with Gasteiger partial charge in [-0.3, -0.25) is 4.98 Å². The summed E-state index contributed by atoms with van der Waals surface area (Å²) in [6, 6.07) is 5.54. The molecule has 0 aliphatic rings. The number of nitrogens with zero attached hydrogens (tertiary/aromatic N) is 1. The van der Waals surface area contributed by atoms with Crippen molar-refractivity contribution in [1.82, 2.24) is 4.98 Å². The topological polar surface area (TPSA) is 57.4 Å². The fraction of sp³-hybridized carbons (Fsp3) is 0.182. The van der Waals surface area contributed by atoms with E-state index in [1.165, 1.54) is 0 Å². The van der Waals surface area contributed by atoms with E-state index in [0.29, 0.717) is 17.2 Å². The highest BCUT2D eigenvalue weighted by atomic mass is 35.5. The molecular weight excluding hydrogens is 228 g/mol. The number of aromatic nitrogens is 1. The van der Waals surface area contributed by atoms with E-state index in [4.69, 9.17) is 15.2 Å². The van der Waals surface area contributed by atoms with E-state index in [-0.39, 0.29) is 12.4 Å². The van der Waals surface area contributed by atoms with E-state index < -0.39 is 0 Å². The van der Waals surface area contributed by atoms with Crippen LogP contribution in [0.3, 0.4) is 0 Å². The van der Waals surface area contributed by atoms with Crippen molar-refractivity contribution < 1.29 is 9.47 Å². The highest BCUT2D eigenvalue weighted by molar-refractivity contribution is 5.85. The number of methoxy groups -OCH3 is 2. The Labute approximate surface area is 99.8 Å². The number of benzene rings is 1. The lowest BCUT2D eigenvalue weighted by molar-refractivity contribution is 0.356. The standard InChI is InChI=1S/C11H12N2O2.ClH/c1-14-10-4-7-3-8(12)6-13-9(7)5-11(10)15-2;/h3-6H,12H2,1-2H3;1H. The summed E-state index contributed by atoms with van der Waals surface area (Å²) in [7, 11) is 3.20. The van der Waals surface area contributed by atoms with Crippen molar-refractivity contribution in [1.29, 1.82) is 0 Å². The number of ether oxygens (including phenoxy) is 2. The monoisotopic (exact) mass is 240 g/mol. The molecule has 0 saturated heterocycles. The van der Waals surface area contributed by atoms with Crippen LogP contribution in [0.25, 0.3) is 10.9 Å². The Kier molecular flexibility index (Phi) is 3.79. The molecule has 86 valence electrons. The Morgan fingerprint density at radius 1 is 1.06 bits per heavy atom. The molecule has 0 atom stereocenters. The van der Waals surface area contributed by atoms with Crippen LogP contribution in [-0.2, 0) is 0 Å². The van der Waals surface area contributed by atoms with Crippen LogP contribution in [-0.4, -0.2) is 19.2 Å². The van der Waals surface area contributed by atoms with Gasteiger partial charge in [-0.25, -0.2) is 0 Å². The van der Waals surface area contributed by atoms with Gasteiger partial charge in [-0.1, -0.05) is 0 Å². The molecule has 1 aromatic heterocycles. The molecule has 5 heteroatoms. The van der Waals surface area contributed by atoms with E-state index in [1.807, 2.05) is 18.2 Å². The second-order valence-electron chi connectivity index (χ2n) is 3.17. The third kappa shape index (κ3) is 2.12. The SMILES string of the molecule is COc1cc2cc(N)cnc2cc1OC.Cl. The highest BCUT2D eigenvalue weighted by Crippen LogP contribution is 2.31. The van der Waals surface area contributed by atoms with Crippen LogP contribution in [0.15, 0.2) is 24.4 Å². The number of fused-ring (bicyclic) bond motifs is 1. The maximum atomic E-state index is 5.65. The van der Waals surface area contributed by atoms with E-state index >= 15 is 0 Å². The lowest BCUT2D eigenvalue weighted by Crippen LogP contribution is -1.92. The second-order valence-corrected chi connectivity index (χ2v) is 3.17. The third-order valence-corrected chi connectivity index (χ3v) is 2.21. The molecule has 0 radical (unpaired) electrons. The molecule has 0 unspecified atom stereocenters. The molecule has 0 spiro atoms. The molecular formula is C11H13ClN2O2. The molecule has 0 aliphatic carbocycles. The number of halogens is 1. The van der Waals surface area contributed by atoms with Crippen LogP contribution in [0, 0.1) is 0 Å². The Hall–Kier alpha value is -1.68. The van der Waals surface area contributed by atoms with Gasteiger partial charge in [-0.05, 0) is 12.1 Å². The van der Waals surface area contributed by atoms with Crippen molar-refractivity contribution in [2.24, 2.45) is 0 Å². The summed E-state index contributed by atoms with van der Waals surface area (Å²) < 4.78 is 10.4. The van der Waals surface area contributed by atoms with Crippen molar-refractivity contribution in [2.45, 2.75) is 0 Å². The van der Waals surface area contributed by atoms with E-state index in [2.05, 4.69) is 4.98 Å². The molecule has 1 aromatic carbocycles. The lowest BCUT2D eigenvalue weighted by Gasteiger charge is -2.08. The smallest absolute Gasteiger partial charge is 0.162 e. The summed E-state index contributed by atoms with van der Waals surface area (Å²) in [6.07, 6.45) is 1.62. The number of anilines is 1. The Morgan fingerprint density at radius 3 is 2.31 bits per heavy atom. The van der Waals surface area contributed by atoms with Gasteiger partial charge >= 0.3 is 0 Å². The molecule has 1 heterocycles. The van der Waals surface area contributed by atoms with Crippen LogP contribution in [0.5, 0.6) is 11.5 Å². The molecule has 4 nitrogen and oxygen atoms in total. The van der Waals surface area contributed by atoms with Gasteiger partial charge in [0.25, 0.3) is 0 Å². The van der Waals surface area contributed by atoms with E-state index in [9.17, 15) is 0 Å². The molecule has 0 saturated carbocycles. The van der Waals surface area contributed by atoms with Crippen molar-refractivity contribution in [3.8, 4) is 11.5 Å². The van der Waals surface area contributed by atoms with Crippen LogP contribution >= 0.6 is 12.4 Å². The number of pyridine rings is 1. The third-order valence-electron chi connectivity index (χ3n) is 2.21. The zero-order valence-corrected chi connectivity index (χ0v) is 9.88. The van der Waals surface area contributed by atoms with Crippen molar-refractivity contribution in [3.63, 3.8) is 0 Å². The molecule has 2 N–H and O–H groups in total. The fourth-order valence-corrected chi connectivity index (χ4v) is 1.47. The second kappa shape index (κ2) is 4.90. The van der Waals surface area contributed by atoms with E-state index in [0.717, 1.165) is 10.9 Å². The quantitative estimate of drug-likeness (QED) is 0.875. The molecule has 2 rings (SSSR count). The Balaban J connectivity index is 0.00000128. The maximum Gasteiger partial charge on any atom is 0.162 e. The number of hydrogen-bond acceptors (Lipinski definition) is 4. The summed E-state index contributed by atoms with van der Waals surface area (Å²) in [5.41, 5.74) is 7.12. The highest BCUT2D eigenvalue weighted by Gasteiger charge is 2.06. The minimum atomic E-state index is 0. The lowest BCUT2D eigenvalue weighted by atomic mass is 10.2. The van der Waals surface area contributed by atoms with E-state index in [1.54, 1.807) is 20.4 Å². The maximum absolute atomic E-state index is 5.65. The largest absolute Gasteiger partial charge is 0.493 e. The van der Waals surface area contributed by atoms with Crippen molar-refractivity contribution in [3.05, 3.63) is 24.4 Å². The van der Waals surface area contributed by atoms with Gasteiger partial charge < -0.3 is 15.2 Å². The zero-order valence-electron chi connectivity index (χ0n) is 9.06. The van der Waals surface area contributed by atoms with Gasteiger partial charge in [0.05, 0.1) is 31.6 Å². The van der Waals surface area contributed by atoms with Crippen molar-refractivity contribution >= 4 is 29.0 Å². The summed E-state index contributed by atoms with van der Waals surface area (Å²) in [5, 5.41) is 0.938. The normalized spacial score (nSPS) is 9.62. The van der Waals surface area contributed by atoms with Gasteiger partial charge in [0.15, 0.2) is 11.5 Å². The first kappa shape index (κ1) is 12.4. The molecule has 16 heavy (non-hydrogen) atoms. The average Bonchev–Trinajstić information content (AvgIpc) is 2.27.